The lowest BCUT2D eigenvalue weighted by Gasteiger charge is -2.10. The maximum Gasteiger partial charge on any atom is 0.255 e. The Morgan fingerprint density at radius 1 is 1.04 bits per heavy atom. The van der Waals surface area contributed by atoms with E-state index < -0.39 is 0 Å². The minimum absolute atomic E-state index is 0.249. The number of carbonyl (C=O) groups excluding carboxylic acids is 1. The van der Waals surface area contributed by atoms with Gasteiger partial charge < -0.3 is 19.2 Å². The molecule has 1 amide bonds. The molecule has 122 valence electrons. The van der Waals surface area contributed by atoms with Gasteiger partial charge >= 0.3 is 0 Å². The summed E-state index contributed by atoms with van der Waals surface area (Å²) in [5.41, 5.74) is 1.89. The zero-order chi connectivity index (χ0) is 16.9. The molecule has 0 aliphatic heterocycles. The van der Waals surface area contributed by atoms with Crippen molar-refractivity contribution in [1.29, 1.82) is 0 Å². The van der Waals surface area contributed by atoms with Crippen LogP contribution in [0.5, 0.6) is 11.5 Å². The third-order valence-electron chi connectivity index (χ3n) is 3.40. The fourth-order valence-corrected chi connectivity index (χ4v) is 2.18. The molecule has 24 heavy (non-hydrogen) atoms. The number of ether oxygens (including phenoxy) is 2. The summed E-state index contributed by atoms with van der Waals surface area (Å²) in [5.74, 6) is 1.24. The highest BCUT2D eigenvalue weighted by molar-refractivity contribution is 6.04. The maximum atomic E-state index is 12.3. The van der Waals surface area contributed by atoms with Crippen molar-refractivity contribution in [3.63, 3.8) is 0 Å². The van der Waals surface area contributed by atoms with Crippen LogP contribution in [0, 0.1) is 0 Å². The van der Waals surface area contributed by atoms with E-state index in [1.807, 2.05) is 0 Å². The molecule has 0 spiro atoms. The number of hydrogen-bond acceptors (Lipinski definition) is 6. The molecule has 0 unspecified atom stereocenters. The highest BCUT2D eigenvalue weighted by atomic mass is 16.5. The molecular formula is C17H15N3O4. The molecule has 7 heteroatoms. The number of rotatable bonds is 5. The molecule has 2 aromatic carbocycles. The van der Waals surface area contributed by atoms with Crippen LogP contribution < -0.4 is 14.8 Å². The van der Waals surface area contributed by atoms with Gasteiger partial charge in [-0.15, -0.1) is 10.2 Å². The van der Waals surface area contributed by atoms with Crippen LogP contribution in [0.4, 0.5) is 5.69 Å². The summed E-state index contributed by atoms with van der Waals surface area (Å²) in [7, 11) is 3.07. The molecule has 0 saturated heterocycles. The third kappa shape index (κ3) is 3.19. The molecule has 0 atom stereocenters. The second-order valence-corrected chi connectivity index (χ2v) is 4.85. The Kier molecular flexibility index (Phi) is 4.42. The largest absolute Gasteiger partial charge is 0.493 e. The van der Waals surface area contributed by atoms with Gasteiger partial charge in [0, 0.05) is 16.8 Å². The Balaban J connectivity index is 1.75. The minimum atomic E-state index is -0.249. The number of nitrogens with zero attached hydrogens (tertiary/aromatic N) is 2. The van der Waals surface area contributed by atoms with Gasteiger partial charge in [-0.1, -0.05) is 0 Å². The van der Waals surface area contributed by atoms with Crippen molar-refractivity contribution < 1.29 is 18.7 Å². The van der Waals surface area contributed by atoms with Gasteiger partial charge in [0.2, 0.25) is 12.3 Å². The zero-order valence-corrected chi connectivity index (χ0v) is 13.1. The molecule has 1 aromatic heterocycles. The number of hydrogen-bond donors (Lipinski definition) is 1. The molecule has 0 fully saturated rings. The van der Waals surface area contributed by atoms with Gasteiger partial charge in [-0.2, -0.15) is 0 Å². The van der Waals surface area contributed by atoms with Gasteiger partial charge in [-0.25, -0.2) is 0 Å². The van der Waals surface area contributed by atoms with Crippen LogP contribution in [0.25, 0.3) is 11.5 Å². The Bertz CT molecular complexity index is 830. The molecule has 3 aromatic rings. The molecule has 0 bridgehead atoms. The summed E-state index contributed by atoms with van der Waals surface area (Å²) < 4.78 is 15.5. The predicted molar refractivity (Wildman–Crippen MR) is 87.2 cm³/mol. The van der Waals surface area contributed by atoms with Gasteiger partial charge in [0.05, 0.1) is 14.2 Å². The summed E-state index contributed by atoms with van der Waals surface area (Å²) in [6.45, 7) is 0. The molecule has 0 aliphatic carbocycles. The van der Waals surface area contributed by atoms with E-state index in [9.17, 15) is 4.79 Å². The lowest BCUT2D eigenvalue weighted by atomic mass is 10.1. The van der Waals surface area contributed by atoms with Gasteiger partial charge in [0.25, 0.3) is 5.91 Å². The predicted octanol–water partition coefficient (Wildman–Crippen LogP) is 3.01. The first-order valence-electron chi connectivity index (χ1n) is 7.11. The SMILES string of the molecule is COc1ccc(C(=O)Nc2ccc(-c3nnco3)cc2)cc1OC. The Labute approximate surface area is 138 Å². The molecule has 1 heterocycles. The first kappa shape index (κ1) is 15.5. The molecule has 3 rings (SSSR count). The highest BCUT2D eigenvalue weighted by Gasteiger charge is 2.11. The van der Waals surface area contributed by atoms with Crippen LogP contribution in [0.1, 0.15) is 10.4 Å². The summed E-state index contributed by atoms with van der Waals surface area (Å²) in [4.78, 5) is 12.3. The van der Waals surface area contributed by atoms with E-state index in [-0.39, 0.29) is 5.91 Å². The van der Waals surface area contributed by atoms with Crippen molar-refractivity contribution in [1.82, 2.24) is 10.2 Å². The second-order valence-electron chi connectivity index (χ2n) is 4.85. The van der Waals surface area contributed by atoms with Crippen molar-refractivity contribution in [2.75, 3.05) is 19.5 Å². The van der Waals surface area contributed by atoms with Crippen LogP contribution in [0.2, 0.25) is 0 Å². The average Bonchev–Trinajstić information content (AvgIpc) is 3.16. The molecule has 7 nitrogen and oxygen atoms in total. The summed E-state index contributed by atoms with van der Waals surface area (Å²) in [6, 6.07) is 12.1. The molecule has 1 N–H and O–H groups in total. The van der Waals surface area contributed by atoms with Crippen molar-refractivity contribution >= 4 is 11.6 Å². The topological polar surface area (TPSA) is 86.5 Å². The monoisotopic (exact) mass is 325 g/mol. The normalized spacial score (nSPS) is 10.2. The molecule has 0 aliphatic rings. The van der Waals surface area contributed by atoms with E-state index in [2.05, 4.69) is 15.5 Å². The quantitative estimate of drug-likeness (QED) is 0.776. The van der Waals surface area contributed by atoms with E-state index in [0.717, 1.165) is 5.56 Å². The second kappa shape index (κ2) is 6.82. The minimum Gasteiger partial charge on any atom is -0.493 e. The van der Waals surface area contributed by atoms with Crippen molar-refractivity contribution in [3.05, 3.63) is 54.4 Å². The first-order chi connectivity index (χ1) is 11.7. The number of carbonyl (C=O) groups is 1. The average molecular weight is 325 g/mol. The number of aromatic nitrogens is 2. The van der Waals surface area contributed by atoms with Crippen molar-refractivity contribution in [2.45, 2.75) is 0 Å². The molecule has 0 radical (unpaired) electrons. The van der Waals surface area contributed by atoms with Crippen LogP contribution >= 0.6 is 0 Å². The Morgan fingerprint density at radius 3 is 2.42 bits per heavy atom. The smallest absolute Gasteiger partial charge is 0.255 e. The van der Waals surface area contributed by atoms with Crippen molar-refractivity contribution in [3.8, 4) is 23.0 Å². The number of benzene rings is 2. The lowest BCUT2D eigenvalue weighted by Crippen LogP contribution is -2.12. The van der Waals surface area contributed by atoms with Gasteiger partial charge in [-0.3, -0.25) is 4.79 Å². The van der Waals surface area contributed by atoms with E-state index in [1.165, 1.54) is 13.5 Å². The van der Waals surface area contributed by atoms with Gasteiger partial charge in [0.15, 0.2) is 11.5 Å². The van der Waals surface area contributed by atoms with E-state index in [1.54, 1.807) is 49.6 Å². The fraction of sp³-hybridized carbons (Fsp3) is 0.118. The van der Waals surface area contributed by atoms with Crippen LogP contribution in [-0.2, 0) is 0 Å². The van der Waals surface area contributed by atoms with Crippen molar-refractivity contribution in [2.24, 2.45) is 0 Å². The lowest BCUT2D eigenvalue weighted by molar-refractivity contribution is 0.102. The number of nitrogens with one attached hydrogen (secondary N) is 1. The zero-order valence-electron chi connectivity index (χ0n) is 13.1. The first-order valence-corrected chi connectivity index (χ1v) is 7.11. The number of amides is 1. The third-order valence-corrected chi connectivity index (χ3v) is 3.40. The Hall–Kier alpha value is -3.35. The van der Waals surface area contributed by atoms with E-state index in [4.69, 9.17) is 13.9 Å². The molecule has 0 saturated carbocycles. The Morgan fingerprint density at radius 2 is 1.79 bits per heavy atom. The van der Waals surface area contributed by atoms with Crippen LogP contribution in [0.3, 0.4) is 0 Å². The fourth-order valence-electron chi connectivity index (χ4n) is 2.18. The summed E-state index contributed by atoms with van der Waals surface area (Å²) >= 11 is 0. The van der Waals surface area contributed by atoms with Gasteiger partial charge in [-0.05, 0) is 42.5 Å². The molecular weight excluding hydrogens is 310 g/mol. The van der Waals surface area contributed by atoms with E-state index in [0.29, 0.717) is 28.6 Å². The number of anilines is 1. The van der Waals surface area contributed by atoms with E-state index >= 15 is 0 Å². The summed E-state index contributed by atoms with van der Waals surface area (Å²) in [6.07, 6.45) is 1.27. The number of methoxy groups -OCH3 is 2. The van der Waals surface area contributed by atoms with Crippen LogP contribution in [-0.4, -0.2) is 30.3 Å². The highest BCUT2D eigenvalue weighted by Crippen LogP contribution is 2.28. The van der Waals surface area contributed by atoms with Gasteiger partial charge in [0.1, 0.15) is 0 Å². The standard InChI is InChI=1S/C17H15N3O4/c1-22-14-8-5-12(9-15(14)23-2)16(21)19-13-6-3-11(4-7-13)17-20-18-10-24-17/h3-10H,1-2H3,(H,19,21). The summed E-state index contributed by atoms with van der Waals surface area (Å²) in [5, 5.41) is 10.3. The van der Waals surface area contributed by atoms with Crippen LogP contribution in [0.15, 0.2) is 53.3 Å². The maximum absolute atomic E-state index is 12.3.